The number of aromatic nitrogens is 4. The lowest BCUT2D eigenvalue weighted by Gasteiger charge is -2.17. The Morgan fingerprint density at radius 3 is 2.59 bits per heavy atom. The average molecular weight is 303 g/mol. The molecule has 0 spiro atoms. The molecule has 0 aliphatic carbocycles. The first-order valence-corrected chi connectivity index (χ1v) is 7.84. The zero-order chi connectivity index (χ0) is 16.3. The van der Waals surface area contributed by atoms with Gasteiger partial charge in [0.2, 0.25) is 0 Å². The normalized spacial score (nSPS) is 12.6. The molecule has 0 aliphatic heterocycles. The zero-order valence-electron chi connectivity index (χ0n) is 14.0. The molecular weight excluding hydrogens is 278 g/mol. The third kappa shape index (κ3) is 3.21. The second kappa shape index (κ2) is 6.77. The molecule has 1 N–H and O–H groups in total. The van der Waals surface area contributed by atoms with Crippen LogP contribution in [0.1, 0.15) is 68.0 Å². The van der Waals surface area contributed by atoms with Gasteiger partial charge in [-0.1, -0.05) is 20.8 Å². The van der Waals surface area contributed by atoms with Crippen LogP contribution in [-0.4, -0.2) is 25.5 Å². The maximum absolute atomic E-state index is 12.6. The van der Waals surface area contributed by atoms with E-state index in [1.165, 1.54) is 0 Å². The highest BCUT2D eigenvalue weighted by Crippen LogP contribution is 2.18. The molecule has 0 aliphatic rings. The van der Waals surface area contributed by atoms with E-state index in [9.17, 15) is 4.79 Å². The van der Waals surface area contributed by atoms with Crippen molar-refractivity contribution in [3.05, 3.63) is 35.4 Å². The third-order valence-electron chi connectivity index (χ3n) is 3.85. The predicted octanol–water partition coefficient (Wildman–Crippen LogP) is 2.64. The van der Waals surface area contributed by atoms with Crippen molar-refractivity contribution < 1.29 is 4.79 Å². The summed E-state index contributed by atoms with van der Waals surface area (Å²) in [5.41, 5.74) is 2.56. The summed E-state index contributed by atoms with van der Waals surface area (Å²) in [5, 5.41) is 11.8. The van der Waals surface area contributed by atoms with Gasteiger partial charge in [-0.3, -0.25) is 14.2 Å². The molecule has 0 aromatic carbocycles. The van der Waals surface area contributed by atoms with Crippen molar-refractivity contribution in [1.82, 2.24) is 24.9 Å². The Kier molecular flexibility index (Phi) is 5.00. The molecule has 0 bridgehead atoms. The Bertz CT molecular complexity index is 641. The van der Waals surface area contributed by atoms with Gasteiger partial charge in [0.1, 0.15) is 5.69 Å². The molecule has 0 saturated heterocycles. The minimum Gasteiger partial charge on any atom is -0.342 e. The van der Waals surface area contributed by atoms with Gasteiger partial charge in [0.25, 0.3) is 5.91 Å². The lowest BCUT2D eigenvalue weighted by Crippen LogP contribution is -2.31. The minimum absolute atomic E-state index is 0.0530. The first-order valence-electron chi connectivity index (χ1n) is 7.84. The Hall–Kier alpha value is -2.11. The van der Waals surface area contributed by atoms with Gasteiger partial charge in [0, 0.05) is 19.8 Å². The summed E-state index contributed by atoms with van der Waals surface area (Å²) >= 11 is 0. The second-order valence-electron chi connectivity index (χ2n) is 5.74. The molecular formula is C16H25N5O. The summed E-state index contributed by atoms with van der Waals surface area (Å²) in [5.74, 6) is 0.215. The van der Waals surface area contributed by atoms with Gasteiger partial charge < -0.3 is 5.32 Å². The van der Waals surface area contributed by atoms with Crippen LogP contribution in [0, 0.1) is 0 Å². The van der Waals surface area contributed by atoms with Crippen LogP contribution < -0.4 is 5.32 Å². The van der Waals surface area contributed by atoms with E-state index < -0.39 is 0 Å². The van der Waals surface area contributed by atoms with Crippen molar-refractivity contribution in [3.8, 4) is 0 Å². The van der Waals surface area contributed by atoms with E-state index in [2.05, 4.69) is 36.3 Å². The SMILES string of the molecule is CCC(NC(=O)c1cc(C(C)C)nn1CC)c1ccnn1C. The van der Waals surface area contributed by atoms with Crippen LogP contribution in [0.2, 0.25) is 0 Å². The Morgan fingerprint density at radius 1 is 1.36 bits per heavy atom. The molecule has 1 unspecified atom stereocenters. The van der Waals surface area contributed by atoms with E-state index in [-0.39, 0.29) is 11.9 Å². The summed E-state index contributed by atoms with van der Waals surface area (Å²) in [6.45, 7) is 8.88. The van der Waals surface area contributed by atoms with Crippen molar-refractivity contribution in [2.75, 3.05) is 0 Å². The number of carbonyl (C=O) groups excluding carboxylic acids is 1. The molecule has 1 amide bonds. The number of carbonyl (C=O) groups is 1. The van der Waals surface area contributed by atoms with Gasteiger partial charge in [-0.05, 0) is 31.4 Å². The van der Waals surface area contributed by atoms with Crippen LogP contribution >= 0.6 is 0 Å². The maximum Gasteiger partial charge on any atom is 0.270 e. The van der Waals surface area contributed by atoms with Crippen LogP contribution in [-0.2, 0) is 13.6 Å². The number of aryl methyl sites for hydroxylation is 2. The van der Waals surface area contributed by atoms with Crippen molar-refractivity contribution in [2.45, 2.75) is 52.6 Å². The van der Waals surface area contributed by atoms with Crippen molar-refractivity contribution in [2.24, 2.45) is 7.05 Å². The highest BCUT2D eigenvalue weighted by molar-refractivity contribution is 5.93. The lowest BCUT2D eigenvalue weighted by atomic mass is 10.1. The molecule has 0 radical (unpaired) electrons. The molecule has 6 nitrogen and oxygen atoms in total. The van der Waals surface area contributed by atoms with E-state index in [0.717, 1.165) is 17.8 Å². The summed E-state index contributed by atoms with van der Waals surface area (Å²) in [6.07, 6.45) is 2.56. The van der Waals surface area contributed by atoms with E-state index in [0.29, 0.717) is 18.2 Å². The Labute approximate surface area is 131 Å². The van der Waals surface area contributed by atoms with Gasteiger partial charge >= 0.3 is 0 Å². The number of hydrogen-bond donors (Lipinski definition) is 1. The molecule has 6 heteroatoms. The molecule has 0 saturated carbocycles. The topological polar surface area (TPSA) is 64.7 Å². The fraction of sp³-hybridized carbons (Fsp3) is 0.562. The monoisotopic (exact) mass is 303 g/mol. The molecule has 0 fully saturated rings. The Morgan fingerprint density at radius 2 is 2.09 bits per heavy atom. The number of amides is 1. The van der Waals surface area contributed by atoms with Crippen molar-refractivity contribution in [1.29, 1.82) is 0 Å². The van der Waals surface area contributed by atoms with Gasteiger partial charge in [0.15, 0.2) is 0 Å². The van der Waals surface area contributed by atoms with Gasteiger partial charge in [-0.2, -0.15) is 10.2 Å². The second-order valence-corrected chi connectivity index (χ2v) is 5.74. The predicted molar refractivity (Wildman–Crippen MR) is 85.7 cm³/mol. The lowest BCUT2D eigenvalue weighted by molar-refractivity contribution is 0.0923. The summed E-state index contributed by atoms with van der Waals surface area (Å²) in [7, 11) is 1.89. The van der Waals surface area contributed by atoms with E-state index in [1.807, 2.05) is 26.1 Å². The molecule has 22 heavy (non-hydrogen) atoms. The van der Waals surface area contributed by atoms with Crippen LogP contribution in [0.4, 0.5) is 0 Å². The molecule has 2 aromatic rings. The number of hydrogen-bond acceptors (Lipinski definition) is 3. The molecule has 120 valence electrons. The molecule has 2 aromatic heterocycles. The maximum atomic E-state index is 12.6. The highest BCUT2D eigenvalue weighted by Gasteiger charge is 2.21. The Balaban J connectivity index is 2.22. The van der Waals surface area contributed by atoms with Crippen LogP contribution in [0.3, 0.4) is 0 Å². The highest BCUT2D eigenvalue weighted by atomic mass is 16.2. The first-order chi connectivity index (χ1) is 10.5. The fourth-order valence-corrected chi connectivity index (χ4v) is 2.49. The average Bonchev–Trinajstić information content (AvgIpc) is 3.10. The standard InChI is InChI=1S/C16H25N5O/c1-6-12(14-8-9-17-20(14)5)18-16(22)15-10-13(11(3)4)19-21(15)7-2/h8-12H,6-7H2,1-5H3,(H,18,22). The number of rotatable bonds is 6. The molecule has 2 heterocycles. The zero-order valence-corrected chi connectivity index (χ0v) is 14.0. The van der Waals surface area contributed by atoms with E-state index in [4.69, 9.17) is 0 Å². The van der Waals surface area contributed by atoms with Crippen molar-refractivity contribution in [3.63, 3.8) is 0 Å². The van der Waals surface area contributed by atoms with Crippen LogP contribution in [0.15, 0.2) is 18.3 Å². The number of nitrogens with zero attached hydrogens (tertiary/aromatic N) is 4. The summed E-state index contributed by atoms with van der Waals surface area (Å²) in [6, 6.07) is 3.77. The molecule has 1 atom stereocenters. The smallest absolute Gasteiger partial charge is 0.270 e. The van der Waals surface area contributed by atoms with Crippen molar-refractivity contribution >= 4 is 5.91 Å². The largest absolute Gasteiger partial charge is 0.342 e. The summed E-state index contributed by atoms with van der Waals surface area (Å²) in [4.78, 5) is 12.6. The van der Waals surface area contributed by atoms with Gasteiger partial charge in [-0.15, -0.1) is 0 Å². The molecule has 2 rings (SSSR count). The first kappa shape index (κ1) is 16.3. The van der Waals surface area contributed by atoms with Gasteiger partial charge in [-0.25, -0.2) is 0 Å². The minimum atomic E-state index is -0.0886. The third-order valence-corrected chi connectivity index (χ3v) is 3.85. The number of nitrogens with one attached hydrogen (secondary N) is 1. The quantitative estimate of drug-likeness (QED) is 0.892. The summed E-state index contributed by atoms with van der Waals surface area (Å²) < 4.78 is 3.56. The van der Waals surface area contributed by atoms with E-state index >= 15 is 0 Å². The van der Waals surface area contributed by atoms with Gasteiger partial charge in [0.05, 0.1) is 17.4 Å². The van der Waals surface area contributed by atoms with Crippen LogP contribution in [0.5, 0.6) is 0 Å². The fourth-order valence-electron chi connectivity index (χ4n) is 2.49. The van der Waals surface area contributed by atoms with Crippen LogP contribution in [0.25, 0.3) is 0 Å². The van der Waals surface area contributed by atoms with E-state index in [1.54, 1.807) is 15.6 Å².